The molecule has 0 saturated carbocycles. The highest BCUT2D eigenvalue weighted by Crippen LogP contribution is 2.41. The van der Waals surface area contributed by atoms with Gasteiger partial charge >= 0.3 is 0 Å². The van der Waals surface area contributed by atoms with E-state index in [0.29, 0.717) is 11.4 Å². The van der Waals surface area contributed by atoms with Gasteiger partial charge in [-0.05, 0) is 11.6 Å². The fourth-order valence-corrected chi connectivity index (χ4v) is 2.03. The molecule has 2 aromatic rings. The number of anilines is 1. The van der Waals surface area contributed by atoms with Gasteiger partial charge in [-0.25, -0.2) is 0 Å². The maximum absolute atomic E-state index is 5.83. The van der Waals surface area contributed by atoms with E-state index >= 15 is 0 Å². The highest BCUT2D eigenvalue weighted by Gasteiger charge is 2.20. The molecule has 3 nitrogen and oxygen atoms in total. The first kappa shape index (κ1) is 10.0. The summed E-state index contributed by atoms with van der Waals surface area (Å²) in [6, 6.07) is 14.1. The van der Waals surface area contributed by atoms with Crippen molar-refractivity contribution in [2.45, 2.75) is 6.42 Å². The first-order chi connectivity index (χ1) is 8.34. The van der Waals surface area contributed by atoms with E-state index in [0.717, 1.165) is 17.7 Å². The summed E-state index contributed by atoms with van der Waals surface area (Å²) in [6.45, 7) is 0.255. The minimum Gasteiger partial charge on any atom is -0.453 e. The van der Waals surface area contributed by atoms with Crippen molar-refractivity contribution in [2.75, 3.05) is 12.5 Å². The fraction of sp³-hybridized carbons (Fsp3) is 0.143. The molecule has 0 fully saturated rings. The molecule has 0 unspecified atom stereocenters. The second-order valence-corrected chi connectivity index (χ2v) is 4.04. The molecule has 0 aliphatic carbocycles. The lowest BCUT2D eigenvalue weighted by Gasteiger charge is -2.07. The van der Waals surface area contributed by atoms with Gasteiger partial charge in [0.2, 0.25) is 6.79 Å². The number of ether oxygens (including phenoxy) is 2. The molecule has 3 rings (SSSR count). The predicted molar refractivity (Wildman–Crippen MR) is 66.2 cm³/mol. The van der Waals surface area contributed by atoms with Crippen LogP contribution in [-0.4, -0.2) is 6.79 Å². The van der Waals surface area contributed by atoms with Crippen molar-refractivity contribution in [2.24, 2.45) is 0 Å². The molecule has 17 heavy (non-hydrogen) atoms. The first-order valence-electron chi connectivity index (χ1n) is 5.55. The number of nitrogen functional groups attached to an aromatic ring is 1. The summed E-state index contributed by atoms with van der Waals surface area (Å²) in [5, 5.41) is 0. The van der Waals surface area contributed by atoms with E-state index in [1.807, 2.05) is 30.3 Å². The lowest BCUT2D eigenvalue weighted by atomic mass is 10.0. The molecule has 0 saturated heterocycles. The molecular formula is C14H13NO2. The van der Waals surface area contributed by atoms with Gasteiger partial charge in [0.05, 0.1) is 5.69 Å². The summed E-state index contributed by atoms with van der Waals surface area (Å²) in [6.07, 6.45) is 0.826. The molecule has 86 valence electrons. The summed E-state index contributed by atoms with van der Waals surface area (Å²) in [5.74, 6) is 1.47. The maximum atomic E-state index is 5.83. The lowest BCUT2D eigenvalue weighted by Crippen LogP contribution is -1.95. The quantitative estimate of drug-likeness (QED) is 0.802. The van der Waals surface area contributed by atoms with Gasteiger partial charge in [0.1, 0.15) is 0 Å². The van der Waals surface area contributed by atoms with Crippen molar-refractivity contribution < 1.29 is 9.47 Å². The minimum absolute atomic E-state index is 0.255. The van der Waals surface area contributed by atoms with Crippen LogP contribution in [0.5, 0.6) is 11.5 Å². The lowest BCUT2D eigenvalue weighted by molar-refractivity contribution is 0.173. The Kier molecular flexibility index (Phi) is 2.37. The van der Waals surface area contributed by atoms with Crippen LogP contribution < -0.4 is 15.2 Å². The van der Waals surface area contributed by atoms with Gasteiger partial charge in [-0.15, -0.1) is 0 Å². The van der Waals surface area contributed by atoms with Crippen molar-refractivity contribution in [3.63, 3.8) is 0 Å². The summed E-state index contributed by atoms with van der Waals surface area (Å²) in [4.78, 5) is 0. The second-order valence-electron chi connectivity index (χ2n) is 4.04. The van der Waals surface area contributed by atoms with Crippen molar-refractivity contribution in [3.05, 3.63) is 53.6 Å². The normalized spacial score (nSPS) is 12.7. The second kappa shape index (κ2) is 4.01. The van der Waals surface area contributed by atoms with Crippen LogP contribution in [0.25, 0.3) is 0 Å². The van der Waals surface area contributed by atoms with Crippen molar-refractivity contribution in [1.82, 2.24) is 0 Å². The van der Waals surface area contributed by atoms with Crippen molar-refractivity contribution in [1.29, 1.82) is 0 Å². The van der Waals surface area contributed by atoms with E-state index in [4.69, 9.17) is 15.2 Å². The fourth-order valence-electron chi connectivity index (χ4n) is 2.03. The molecule has 0 atom stereocenters. The van der Waals surface area contributed by atoms with Crippen molar-refractivity contribution in [3.8, 4) is 11.5 Å². The van der Waals surface area contributed by atoms with Crippen LogP contribution in [0.3, 0.4) is 0 Å². The van der Waals surface area contributed by atoms with E-state index in [2.05, 4.69) is 12.1 Å². The number of hydrogen-bond acceptors (Lipinski definition) is 3. The molecule has 0 aromatic heterocycles. The third-order valence-electron chi connectivity index (χ3n) is 2.87. The van der Waals surface area contributed by atoms with Crippen LogP contribution in [0.2, 0.25) is 0 Å². The molecule has 1 aliphatic heterocycles. The van der Waals surface area contributed by atoms with Gasteiger partial charge in [0, 0.05) is 12.0 Å². The standard InChI is InChI=1S/C14H13NO2/c15-12-7-6-11(13-14(12)17-9-16-13)8-10-4-2-1-3-5-10/h1-7H,8-9,15H2. The van der Waals surface area contributed by atoms with E-state index in [1.54, 1.807) is 0 Å². The van der Waals surface area contributed by atoms with Gasteiger partial charge in [0.15, 0.2) is 11.5 Å². The Morgan fingerprint density at radius 2 is 1.71 bits per heavy atom. The minimum atomic E-state index is 0.255. The summed E-state index contributed by atoms with van der Waals surface area (Å²) in [7, 11) is 0. The monoisotopic (exact) mass is 227 g/mol. The van der Waals surface area contributed by atoms with Gasteiger partial charge in [-0.3, -0.25) is 0 Å². The third kappa shape index (κ3) is 1.80. The Labute approximate surface area is 99.8 Å². The largest absolute Gasteiger partial charge is 0.453 e. The molecule has 2 aromatic carbocycles. The Hall–Kier alpha value is -2.16. The molecule has 0 bridgehead atoms. The maximum Gasteiger partial charge on any atom is 0.231 e. The molecule has 1 heterocycles. The highest BCUT2D eigenvalue weighted by atomic mass is 16.7. The Balaban J connectivity index is 1.97. The van der Waals surface area contributed by atoms with E-state index in [1.165, 1.54) is 5.56 Å². The van der Waals surface area contributed by atoms with E-state index in [9.17, 15) is 0 Å². The zero-order valence-electron chi connectivity index (χ0n) is 9.35. The number of nitrogens with two attached hydrogens (primary N) is 1. The SMILES string of the molecule is Nc1ccc(Cc2ccccc2)c2c1OCO2. The predicted octanol–water partition coefficient (Wildman–Crippen LogP) is 2.59. The molecule has 3 heteroatoms. The van der Waals surface area contributed by atoms with Crippen LogP contribution in [0.15, 0.2) is 42.5 Å². The van der Waals surface area contributed by atoms with Gasteiger partial charge in [0.25, 0.3) is 0 Å². The number of hydrogen-bond donors (Lipinski definition) is 1. The van der Waals surface area contributed by atoms with Crippen LogP contribution in [-0.2, 0) is 6.42 Å². The van der Waals surface area contributed by atoms with Gasteiger partial charge in [-0.2, -0.15) is 0 Å². The first-order valence-corrected chi connectivity index (χ1v) is 5.55. The zero-order chi connectivity index (χ0) is 11.7. The molecule has 0 spiro atoms. The van der Waals surface area contributed by atoms with Crippen LogP contribution in [0.4, 0.5) is 5.69 Å². The van der Waals surface area contributed by atoms with Crippen LogP contribution in [0, 0.1) is 0 Å². The van der Waals surface area contributed by atoms with Crippen molar-refractivity contribution >= 4 is 5.69 Å². The smallest absolute Gasteiger partial charge is 0.231 e. The van der Waals surface area contributed by atoms with E-state index in [-0.39, 0.29) is 6.79 Å². The number of benzene rings is 2. The Bertz CT molecular complexity index is 537. The number of fused-ring (bicyclic) bond motifs is 1. The summed E-state index contributed by atoms with van der Waals surface area (Å²) >= 11 is 0. The molecule has 0 radical (unpaired) electrons. The topological polar surface area (TPSA) is 44.5 Å². The van der Waals surface area contributed by atoms with Gasteiger partial charge < -0.3 is 15.2 Å². The van der Waals surface area contributed by atoms with E-state index < -0.39 is 0 Å². The van der Waals surface area contributed by atoms with Crippen LogP contribution in [0.1, 0.15) is 11.1 Å². The Morgan fingerprint density at radius 3 is 2.53 bits per heavy atom. The molecule has 2 N–H and O–H groups in total. The van der Waals surface area contributed by atoms with Gasteiger partial charge in [-0.1, -0.05) is 36.4 Å². The Morgan fingerprint density at radius 1 is 0.941 bits per heavy atom. The average Bonchev–Trinajstić information content (AvgIpc) is 2.84. The van der Waals surface area contributed by atoms with Crippen LogP contribution >= 0.6 is 0 Å². The average molecular weight is 227 g/mol. The summed E-state index contributed by atoms with van der Waals surface area (Å²) < 4.78 is 10.8. The molecule has 1 aliphatic rings. The zero-order valence-corrected chi connectivity index (χ0v) is 9.35. The molecule has 0 amide bonds. The number of rotatable bonds is 2. The third-order valence-corrected chi connectivity index (χ3v) is 2.87. The highest BCUT2D eigenvalue weighted by molar-refractivity contribution is 5.64. The summed E-state index contributed by atoms with van der Waals surface area (Å²) in [5.41, 5.74) is 8.82. The molecular weight excluding hydrogens is 214 g/mol.